The van der Waals surface area contributed by atoms with Gasteiger partial charge in [0.05, 0.1) is 18.2 Å². The zero-order valence-corrected chi connectivity index (χ0v) is 10.9. The smallest absolute Gasteiger partial charge is 0.229 e. The SMILES string of the molecule is CCNc1nc(Cl)nc(NC2CC3CCC2O3)n1. The zero-order chi connectivity index (χ0) is 12.5. The predicted octanol–water partition coefficient (Wildman–Crippen LogP) is 1.69. The van der Waals surface area contributed by atoms with Crippen molar-refractivity contribution in [3.05, 3.63) is 5.28 Å². The maximum Gasteiger partial charge on any atom is 0.229 e. The highest BCUT2D eigenvalue weighted by Crippen LogP contribution is 2.35. The van der Waals surface area contributed by atoms with E-state index in [1.807, 2.05) is 6.92 Å². The van der Waals surface area contributed by atoms with Gasteiger partial charge in [-0.25, -0.2) is 0 Å². The standard InChI is InChI=1S/C11H16ClN5O/c1-2-13-10-15-9(12)16-11(17-10)14-7-5-6-3-4-8(7)18-6/h6-8H,2-5H2,1H3,(H2,13,14,15,16,17). The van der Waals surface area contributed by atoms with Crippen LogP contribution in [0.1, 0.15) is 26.2 Å². The third kappa shape index (κ3) is 2.35. The normalized spacial score (nSPS) is 29.6. The third-order valence-electron chi connectivity index (χ3n) is 3.36. The van der Waals surface area contributed by atoms with Gasteiger partial charge in [0.15, 0.2) is 0 Å². The van der Waals surface area contributed by atoms with Crippen LogP contribution in [0.5, 0.6) is 0 Å². The molecule has 3 rings (SSSR count). The second-order valence-corrected chi connectivity index (χ2v) is 4.98. The molecule has 98 valence electrons. The van der Waals surface area contributed by atoms with Gasteiger partial charge >= 0.3 is 0 Å². The van der Waals surface area contributed by atoms with Crippen molar-refractivity contribution < 1.29 is 4.74 Å². The molecule has 6 nitrogen and oxygen atoms in total. The number of aromatic nitrogens is 3. The summed E-state index contributed by atoms with van der Waals surface area (Å²) in [6.07, 6.45) is 3.99. The van der Waals surface area contributed by atoms with Crippen LogP contribution in [0.3, 0.4) is 0 Å². The minimum absolute atomic E-state index is 0.201. The van der Waals surface area contributed by atoms with Crippen LogP contribution in [0.25, 0.3) is 0 Å². The van der Waals surface area contributed by atoms with Crippen molar-refractivity contribution in [1.29, 1.82) is 0 Å². The van der Waals surface area contributed by atoms with E-state index in [1.54, 1.807) is 0 Å². The molecule has 0 saturated carbocycles. The lowest BCUT2D eigenvalue weighted by molar-refractivity contribution is 0.102. The lowest BCUT2D eigenvalue weighted by Gasteiger charge is -2.20. The van der Waals surface area contributed by atoms with E-state index in [-0.39, 0.29) is 17.4 Å². The third-order valence-corrected chi connectivity index (χ3v) is 3.53. The summed E-state index contributed by atoms with van der Waals surface area (Å²) in [5.41, 5.74) is 0. The topological polar surface area (TPSA) is 72.0 Å². The number of nitrogens with one attached hydrogen (secondary N) is 2. The number of halogens is 1. The summed E-state index contributed by atoms with van der Waals surface area (Å²) in [6, 6.07) is 0.289. The number of ether oxygens (including phenoxy) is 1. The number of hydrogen-bond donors (Lipinski definition) is 2. The quantitative estimate of drug-likeness (QED) is 0.867. The zero-order valence-electron chi connectivity index (χ0n) is 10.2. The average Bonchev–Trinajstić information content (AvgIpc) is 2.90. The van der Waals surface area contributed by atoms with Crippen LogP contribution in [0.15, 0.2) is 0 Å². The fourth-order valence-electron chi connectivity index (χ4n) is 2.61. The Labute approximate surface area is 111 Å². The number of rotatable bonds is 4. The minimum Gasteiger partial charge on any atom is -0.373 e. The molecule has 0 spiro atoms. The van der Waals surface area contributed by atoms with E-state index in [1.165, 1.54) is 6.42 Å². The molecule has 0 amide bonds. The van der Waals surface area contributed by atoms with Crippen LogP contribution in [0.4, 0.5) is 11.9 Å². The van der Waals surface area contributed by atoms with Gasteiger partial charge in [-0.1, -0.05) is 0 Å². The van der Waals surface area contributed by atoms with E-state index >= 15 is 0 Å². The summed E-state index contributed by atoms with van der Waals surface area (Å²) < 4.78 is 5.78. The summed E-state index contributed by atoms with van der Waals surface area (Å²) >= 11 is 5.88. The monoisotopic (exact) mass is 269 g/mol. The van der Waals surface area contributed by atoms with E-state index < -0.39 is 0 Å². The first kappa shape index (κ1) is 11.9. The first-order valence-corrected chi connectivity index (χ1v) is 6.70. The summed E-state index contributed by atoms with van der Waals surface area (Å²) in [6.45, 7) is 2.73. The van der Waals surface area contributed by atoms with Crippen molar-refractivity contribution >= 4 is 23.5 Å². The Morgan fingerprint density at radius 1 is 1.28 bits per heavy atom. The van der Waals surface area contributed by atoms with E-state index in [0.717, 1.165) is 19.4 Å². The van der Waals surface area contributed by atoms with Crippen molar-refractivity contribution in [3.63, 3.8) is 0 Å². The molecule has 3 atom stereocenters. The van der Waals surface area contributed by atoms with Crippen molar-refractivity contribution in [2.75, 3.05) is 17.2 Å². The van der Waals surface area contributed by atoms with Crippen molar-refractivity contribution in [3.8, 4) is 0 Å². The Bertz CT molecular complexity index is 443. The average molecular weight is 270 g/mol. The van der Waals surface area contributed by atoms with E-state index in [0.29, 0.717) is 18.0 Å². The molecule has 2 bridgehead atoms. The van der Waals surface area contributed by atoms with E-state index in [4.69, 9.17) is 16.3 Å². The van der Waals surface area contributed by atoms with Crippen molar-refractivity contribution in [2.45, 2.75) is 44.4 Å². The van der Waals surface area contributed by atoms with Gasteiger partial charge in [-0.15, -0.1) is 0 Å². The lowest BCUT2D eigenvalue weighted by Crippen LogP contribution is -2.31. The molecule has 18 heavy (non-hydrogen) atoms. The Balaban J connectivity index is 1.72. The molecule has 3 heterocycles. The molecule has 2 aliphatic heterocycles. The maximum atomic E-state index is 5.88. The van der Waals surface area contributed by atoms with Gasteiger partial charge in [0.25, 0.3) is 0 Å². The Morgan fingerprint density at radius 2 is 2.11 bits per heavy atom. The molecular weight excluding hydrogens is 254 g/mol. The highest BCUT2D eigenvalue weighted by molar-refractivity contribution is 6.28. The largest absolute Gasteiger partial charge is 0.373 e. The Morgan fingerprint density at radius 3 is 2.78 bits per heavy atom. The maximum absolute atomic E-state index is 5.88. The predicted molar refractivity (Wildman–Crippen MR) is 68.9 cm³/mol. The molecule has 7 heteroatoms. The second-order valence-electron chi connectivity index (χ2n) is 4.64. The molecule has 2 saturated heterocycles. The number of hydrogen-bond acceptors (Lipinski definition) is 6. The van der Waals surface area contributed by atoms with E-state index in [2.05, 4.69) is 25.6 Å². The second kappa shape index (κ2) is 4.85. The first-order valence-electron chi connectivity index (χ1n) is 6.32. The summed E-state index contributed by atoms with van der Waals surface area (Å²) in [5.74, 6) is 1.02. The minimum atomic E-state index is 0.201. The first-order chi connectivity index (χ1) is 8.74. The highest BCUT2D eigenvalue weighted by atomic mass is 35.5. The Kier molecular flexibility index (Phi) is 3.22. The number of nitrogens with zero attached hydrogens (tertiary/aromatic N) is 3. The van der Waals surface area contributed by atoms with Crippen LogP contribution >= 0.6 is 11.6 Å². The highest BCUT2D eigenvalue weighted by Gasteiger charge is 2.41. The number of fused-ring (bicyclic) bond motifs is 2. The molecule has 2 N–H and O–H groups in total. The summed E-state index contributed by atoms with van der Waals surface area (Å²) in [4.78, 5) is 12.4. The van der Waals surface area contributed by atoms with E-state index in [9.17, 15) is 0 Å². The van der Waals surface area contributed by atoms with Crippen molar-refractivity contribution in [2.24, 2.45) is 0 Å². The molecule has 1 aromatic heterocycles. The van der Waals surface area contributed by atoms with Crippen molar-refractivity contribution in [1.82, 2.24) is 15.0 Å². The fourth-order valence-corrected chi connectivity index (χ4v) is 2.77. The molecule has 2 fully saturated rings. The fraction of sp³-hybridized carbons (Fsp3) is 0.727. The summed E-state index contributed by atoms with van der Waals surface area (Å²) in [7, 11) is 0. The van der Waals surface area contributed by atoms with Gasteiger partial charge in [-0.2, -0.15) is 15.0 Å². The van der Waals surface area contributed by atoms with Gasteiger partial charge in [-0.3, -0.25) is 0 Å². The van der Waals surface area contributed by atoms with Crippen LogP contribution in [-0.4, -0.2) is 39.7 Å². The van der Waals surface area contributed by atoms with Gasteiger partial charge in [0.1, 0.15) is 0 Å². The van der Waals surface area contributed by atoms with Gasteiger partial charge in [0.2, 0.25) is 17.2 Å². The van der Waals surface area contributed by atoms with Crippen LogP contribution in [0, 0.1) is 0 Å². The van der Waals surface area contributed by atoms with Crippen LogP contribution in [0.2, 0.25) is 5.28 Å². The van der Waals surface area contributed by atoms with Gasteiger partial charge in [0, 0.05) is 6.54 Å². The molecular formula is C11H16ClN5O. The molecule has 0 aromatic carbocycles. The molecule has 3 unspecified atom stereocenters. The molecule has 0 radical (unpaired) electrons. The Hall–Kier alpha value is -1.14. The molecule has 2 aliphatic rings. The van der Waals surface area contributed by atoms with Crippen LogP contribution in [-0.2, 0) is 4.74 Å². The van der Waals surface area contributed by atoms with Gasteiger partial charge < -0.3 is 15.4 Å². The summed E-state index contributed by atoms with van der Waals surface area (Å²) in [5, 5.41) is 6.53. The lowest BCUT2D eigenvalue weighted by atomic mass is 9.96. The molecule has 1 aromatic rings. The van der Waals surface area contributed by atoms with Crippen LogP contribution < -0.4 is 10.6 Å². The number of anilines is 2. The molecule has 0 aliphatic carbocycles. The van der Waals surface area contributed by atoms with Gasteiger partial charge in [-0.05, 0) is 37.8 Å².